The summed E-state index contributed by atoms with van der Waals surface area (Å²) in [6.45, 7) is 0. The topological polar surface area (TPSA) is 38.7 Å². The van der Waals surface area contributed by atoms with E-state index in [0.29, 0.717) is 29.3 Å². The Labute approximate surface area is 350 Å². The van der Waals surface area contributed by atoms with Crippen molar-refractivity contribution in [1.29, 1.82) is 0 Å². The molecule has 3 nitrogen and oxygen atoms in total. The number of rotatable bonds is 5. The molecule has 0 amide bonds. The van der Waals surface area contributed by atoms with Gasteiger partial charge in [-0.25, -0.2) is 15.0 Å². The minimum Gasteiger partial charge on any atom is -0.208 e. The summed E-state index contributed by atoms with van der Waals surface area (Å²) < 4.78 is 0. The van der Waals surface area contributed by atoms with E-state index in [1.165, 1.54) is 81.5 Å². The largest absolute Gasteiger partial charge is 0.208 e. The second-order valence-corrected chi connectivity index (χ2v) is 18.0. The summed E-state index contributed by atoms with van der Waals surface area (Å²) in [5.74, 6) is 5.25. The van der Waals surface area contributed by atoms with Crippen LogP contribution in [0.4, 0.5) is 0 Å². The quantitative estimate of drug-likeness (QED) is 0.175. The zero-order chi connectivity index (χ0) is 39.4. The maximum Gasteiger partial charge on any atom is 0.164 e. The highest BCUT2D eigenvalue weighted by atomic mass is 15.0. The fourth-order valence-electron chi connectivity index (χ4n) is 12.6. The average molecular weight is 770 g/mol. The molecular weight excluding hydrogens is 727 g/mol. The van der Waals surface area contributed by atoms with Gasteiger partial charge in [0.25, 0.3) is 0 Å². The van der Waals surface area contributed by atoms with Crippen LogP contribution < -0.4 is 0 Å². The van der Waals surface area contributed by atoms with Crippen molar-refractivity contribution in [2.24, 2.45) is 23.7 Å². The predicted octanol–water partition coefficient (Wildman–Crippen LogP) is 14.2. The maximum absolute atomic E-state index is 5.13. The van der Waals surface area contributed by atoms with Crippen molar-refractivity contribution < 1.29 is 0 Å². The Morgan fingerprint density at radius 3 is 1.65 bits per heavy atom. The molecule has 0 radical (unpaired) electrons. The summed E-state index contributed by atoms with van der Waals surface area (Å²) in [4.78, 5) is 15.2. The van der Waals surface area contributed by atoms with Crippen LogP contribution in [0.3, 0.4) is 0 Å². The van der Waals surface area contributed by atoms with Gasteiger partial charge in [0.1, 0.15) is 0 Å². The Hall–Kier alpha value is -6.71. The van der Waals surface area contributed by atoms with Gasteiger partial charge >= 0.3 is 0 Å². The highest BCUT2D eigenvalue weighted by Crippen LogP contribution is 2.70. The first-order chi connectivity index (χ1) is 29.7. The minimum absolute atomic E-state index is 0.102. The summed E-state index contributed by atoms with van der Waals surface area (Å²) in [6, 6.07) is 64.3. The van der Waals surface area contributed by atoms with Crippen molar-refractivity contribution in [3.63, 3.8) is 0 Å². The molecule has 3 heteroatoms. The Morgan fingerprint density at radius 1 is 0.350 bits per heavy atom. The molecule has 0 atom stereocenters. The molecule has 4 bridgehead atoms. The highest BCUT2D eigenvalue weighted by Gasteiger charge is 2.61. The van der Waals surface area contributed by atoms with E-state index in [0.717, 1.165) is 34.1 Å². The predicted molar refractivity (Wildman–Crippen MR) is 245 cm³/mol. The molecule has 1 heterocycles. The van der Waals surface area contributed by atoms with E-state index in [1.807, 2.05) is 24.3 Å². The summed E-state index contributed by atoms with van der Waals surface area (Å²) in [7, 11) is 0. The molecule has 0 aliphatic heterocycles. The number of fused-ring (bicyclic) bond motifs is 6. The first-order valence-electron chi connectivity index (χ1n) is 21.9. The average Bonchev–Trinajstić information content (AvgIpc) is 3.61. The summed E-state index contributed by atoms with van der Waals surface area (Å²) in [5, 5.41) is 5.18. The van der Waals surface area contributed by atoms with Crippen LogP contribution in [0.15, 0.2) is 176 Å². The van der Waals surface area contributed by atoms with Crippen molar-refractivity contribution in [1.82, 2.24) is 15.0 Å². The van der Waals surface area contributed by atoms with E-state index >= 15 is 0 Å². The molecule has 4 fully saturated rings. The van der Waals surface area contributed by atoms with Gasteiger partial charge in [0.2, 0.25) is 0 Å². The minimum atomic E-state index is 0.102. The Balaban J connectivity index is 0.928. The number of hydrogen-bond donors (Lipinski definition) is 0. The second kappa shape index (κ2) is 13.1. The lowest BCUT2D eigenvalue weighted by Crippen LogP contribution is -2.55. The first-order valence-corrected chi connectivity index (χ1v) is 21.9. The first kappa shape index (κ1) is 34.2. The van der Waals surface area contributed by atoms with Gasteiger partial charge in [0.05, 0.1) is 0 Å². The lowest BCUT2D eigenvalue weighted by molar-refractivity contribution is -0.0399. The molecule has 4 saturated carbocycles. The van der Waals surface area contributed by atoms with Crippen LogP contribution in [-0.4, -0.2) is 15.0 Å². The Kier molecular flexibility index (Phi) is 7.49. The molecule has 60 heavy (non-hydrogen) atoms. The fraction of sp³-hybridized carbons (Fsp3) is 0.175. The van der Waals surface area contributed by atoms with Gasteiger partial charge in [0.15, 0.2) is 17.5 Å². The third-order valence-electron chi connectivity index (χ3n) is 14.9. The van der Waals surface area contributed by atoms with Gasteiger partial charge in [0, 0.05) is 22.1 Å². The van der Waals surface area contributed by atoms with Crippen LogP contribution in [0, 0.1) is 23.7 Å². The van der Waals surface area contributed by atoms with Crippen molar-refractivity contribution in [3.8, 4) is 67.5 Å². The monoisotopic (exact) mass is 769 g/mol. The molecule has 9 aromatic rings. The van der Waals surface area contributed by atoms with Crippen LogP contribution >= 0.6 is 0 Å². The van der Waals surface area contributed by atoms with E-state index < -0.39 is 0 Å². The van der Waals surface area contributed by atoms with Crippen LogP contribution in [0.5, 0.6) is 0 Å². The Morgan fingerprint density at radius 2 is 0.917 bits per heavy atom. The molecule has 1 spiro atoms. The third-order valence-corrected chi connectivity index (χ3v) is 14.9. The smallest absolute Gasteiger partial charge is 0.164 e. The molecule has 0 unspecified atom stereocenters. The lowest BCUT2D eigenvalue weighted by atomic mass is 9.43. The van der Waals surface area contributed by atoms with Crippen LogP contribution in [-0.2, 0) is 5.41 Å². The summed E-state index contributed by atoms with van der Waals surface area (Å²) in [6.07, 6.45) is 6.97. The molecule has 286 valence electrons. The Bertz CT molecular complexity index is 3120. The number of hydrogen-bond acceptors (Lipinski definition) is 3. The van der Waals surface area contributed by atoms with Crippen molar-refractivity contribution in [2.45, 2.75) is 37.5 Å². The number of nitrogens with zero attached hydrogens (tertiary/aromatic N) is 3. The van der Waals surface area contributed by atoms with Gasteiger partial charge in [-0.05, 0) is 134 Å². The third kappa shape index (κ3) is 5.11. The van der Waals surface area contributed by atoms with Crippen LogP contribution in [0.1, 0.15) is 43.2 Å². The van der Waals surface area contributed by atoms with E-state index in [2.05, 4.69) is 152 Å². The molecule has 14 rings (SSSR count). The number of aromatic nitrogens is 3. The van der Waals surface area contributed by atoms with Gasteiger partial charge < -0.3 is 0 Å². The fourth-order valence-corrected chi connectivity index (χ4v) is 12.6. The molecule has 0 saturated heterocycles. The SMILES string of the molecule is c1ccc(-c2ccc(-c3nc(-c4ccccc4)nc(-c4ccc5c(-c6ccc7c(c6)C6(c8ccc9ccccc9c8-7)C7CC8CC(C7)CC6C8)cccc5c4)n3)cc2)cc1. The standard InChI is InChI=1S/C57H43N3/c1-3-10-37(11-4-1)38-18-20-41(21-19-38)55-58-54(40-13-5-2-6-14-40)59-56(60-55)44-23-25-48-42(33-44)15-9-17-47(48)43-22-26-50-52(34-43)57(45-29-35-28-36(31-45)32-46(57)30-35)51-27-24-39-12-7-8-16-49(39)53(50)51/h1-27,33-36,45-46H,28-32H2. The molecular formula is C57H43N3. The van der Waals surface area contributed by atoms with Gasteiger partial charge in [-0.15, -0.1) is 0 Å². The van der Waals surface area contributed by atoms with Crippen LogP contribution in [0.2, 0.25) is 0 Å². The van der Waals surface area contributed by atoms with Gasteiger partial charge in [-0.3, -0.25) is 0 Å². The molecule has 5 aliphatic carbocycles. The van der Waals surface area contributed by atoms with Crippen LogP contribution in [0.25, 0.3) is 89.1 Å². The molecule has 0 N–H and O–H groups in total. The molecule has 1 aromatic heterocycles. The van der Waals surface area contributed by atoms with Gasteiger partial charge in [-0.1, -0.05) is 164 Å². The van der Waals surface area contributed by atoms with Gasteiger partial charge in [-0.2, -0.15) is 0 Å². The zero-order valence-electron chi connectivity index (χ0n) is 33.4. The summed E-state index contributed by atoms with van der Waals surface area (Å²) in [5.41, 5.74) is 14.1. The molecule has 5 aliphatic rings. The zero-order valence-corrected chi connectivity index (χ0v) is 33.4. The highest BCUT2D eigenvalue weighted by molar-refractivity contribution is 6.04. The molecule has 8 aromatic carbocycles. The number of benzene rings is 8. The van der Waals surface area contributed by atoms with E-state index in [4.69, 9.17) is 15.0 Å². The summed E-state index contributed by atoms with van der Waals surface area (Å²) >= 11 is 0. The maximum atomic E-state index is 5.13. The second-order valence-electron chi connectivity index (χ2n) is 18.0. The normalized spacial score (nSPS) is 22.1. The van der Waals surface area contributed by atoms with Crippen molar-refractivity contribution >= 4 is 21.5 Å². The lowest BCUT2D eigenvalue weighted by Gasteiger charge is -2.61. The van der Waals surface area contributed by atoms with Crippen molar-refractivity contribution in [2.75, 3.05) is 0 Å². The van der Waals surface area contributed by atoms with E-state index in [1.54, 1.807) is 11.1 Å². The van der Waals surface area contributed by atoms with Crippen molar-refractivity contribution in [3.05, 3.63) is 187 Å². The van der Waals surface area contributed by atoms with E-state index in [9.17, 15) is 0 Å². The van der Waals surface area contributed by atoms with E-state index in [-0.39, 0.29) is 5.41 Å².